The fraction of sp³-hybridized carbons (Fsp3) is 0.462. The normalized spacial score (nSPS) is 15.6. The van der Waals surface area contributed by atoms with Gasteiger partial charge in [0.05, 0.1) is 5.69 Å². The Morgan fingerprint density at radius 3 is 2.67 bits per heavy atom. The van der Waals surface area contributed by atoms with Crippen LogP contribution in [0.2, 0.25) is 0 Å². The standard InChI is InChI=1S/C13H18BrN3O/c1-9-7-10(14)12(8-11(9)15)16-13(18)17-5-3-2-4-6-17/h7-8H,2-6,15H2,1H3,(H,16,18). The van der Waals surface area contributed by atoms with E-state index in [2.05, 4.69) is 21.2 Å². The minimum atomic E-state index is -0.0429. The highest BCUT2D eigenvalue weighted by Gasteiger charge is 2.17. The van der Waals surface area contributed by atoms with Crippen LogP contribution in [0, 0.1) is 6.92 Å². The largest absolute Gasteiger partial charge is 0.398 e. The quantitative estimate of drug-likeness (QED) is 0.781. The SMILES string of the molecule is Cc1cc(Br)c(NC(=O)N2CCCCC2)cc1N. The summed E-state index contributed by atoms with van der Waals surface area (Å²) in [6, 6.07) is 3.67. The summed E-state index contributed by atoms with van der Waals surface area (Å²) in [6.45, 7) is 3.62. The van der Waals surface area contributed by atoms with Crippen LogP contribution < -0.4 is 11.1 Å². The van der Waals surface area contributed by atoms with Crippen LogP contribution in [0.15, 0.2) is 16.6 Å². The second-order valence-corrected chi connectivity index (χ2v) is 5.52. The Hall–Kier alpha value is -1.23. The van der Waals surface area contributed by atoms with E-state index in [0.717, 1.165) is 41.7 Å². The first-order valence-corrected chi connectivity index (χ1v) is 6.99. The molecule has 5 heteroatoms. The molecule has 0 aliphatic carbocycles. The van der Waals surface area contributed by atoms with E-state index in [9.17, 15) is 4.79 Å². The molecule has 1 aromatic rings. The molecular weight excluding hydrogens is 294 g/mol. The number of halogens is 1. The third-order valence-electron chi connectivity index (χ3n) is 3.24. The van der Waals surface area contributed by atoms with Crippen molar-refractivity contribution in [3.63, 3.8) is 0 Å². The van der Waals surface area contributed by atoms with Crippen LogP contribution in [0.3, 0.4) is 0 Å². The van der Waals surface area contributed by atoms with Crippen molar-refractivity contribution in [1.82, 2.24) is 4.90 Å². The molecule has 1 aliphatic heterocycles. The first-order chi connectivity index (χ1) is 8.58. The zero-order valence-corrected chi connectivity index (χ0v) is 12.1. The fourth-order valence-electron chi connectivity index (χ4n) is 2.08. The molecule has 1 aromatic carbocycles. The first-order valence-electron chi connectivity index (χ1n) is 6.19. The van der Waals surface area contributed by atoms with E-state index in [4.69, 9.17) is 5.73 Å². The molecule has 0 unspecified atom stereocenters. The molecule has 18 heavy (non-hydrogen) atoms. The Morgan fingerprint density at radius 1 is 1.33 bits per heavy atom. The van der Waals surface area contributed by atoms with Gasteiger partial charge in [-0.15, -0.1) is 0 Å². The van der Waals surface area contributed by atoms with Crippen LogP contribution in [-0.2, 0) is 0 Å². The van der Waals surface area contributed by atoms with Crippen molar-refractivity contribution in [1.29, 1.82) is 0 Å². The maximum Gasteiger partial charge on any atom is 0.321 e. The molecule has 3 N–H and O–H groups in total. The summed E-state index contributed by atoms with van der Waals surface area (Å²) in [7, 11) is 0. The Bertz CT molecular complexity index is 456. The number of nitrogens with zero attached hydrogens (tertiary/aromatic N) is 1. The van der Waals surface area contributed by atoms with E-state index in [0.29, 0.717) is 5.69 Å². The van der Waals surface area contributed by atoms with Gasteiger partial charge in [-0.3, -0.25) is 0 Å². The van der Waals surface area contributed by atoms with Crippen molar-refractivity contribution in [2.24, 2.45) is 0 Å². The molecule has 1 fully saturated rings. The Morgan fingerprint density at radius 2 is 2.00 bits per heavy atom. The molecule has 0 saturated carbocycles. The lowest BCUT2D eigenvalue weighted by atomic mass is 10.1. The molecule has 2 rings (SSSR count). The number of carbonyl (C=O) groups excluding carboxylic acids is 1. The van der Waals surface area contributed by atoms with Gasteiger partial charge in [-0.1, -0.05) is 0 Å². The number of likely N-dealkylation sites (tertiary alicyclic amines) is 1. The topological polar surface area (TPSA) is 58.4 Å². The lowest BCUT2D eigenvalue weighted by Gasteiger charge is -2.27. The minimum Gasteiger partial charge on any atom is -0.398 e. The number of nitrogens with two attached hydrogens (primary N) is 1. The number of piperidine rings is 1. The van der Waals surface area contributed by atoms with Gasteiger partial charge < -0.3 is 16.0 Å². The molecule has 4 nitrogen and oxygen atoms in total. The van der Waals surface area contributed by atoms with Crippen molar-refractivity contribution in [2.45, 2.75) is 26.2 Å². The highest BCUT2D eigenvalue weighted by Crippen LogP contribution is 2.28. The number of hydrogen-bond donors (Lipinski definition) is 2. The van der Waals surface area contributed by atoms with Gasteiger partial charge in [0.15, 0.2) is 0 Å². The molecule has 2 amide bonds. The van der Waals surface area contributed by atoms with Crippen LogP contribution >= 0.6 is 15.9 Å². The van der Waals surface area contributed by atoms with Crippen LogP contribution in [0.4, 0.5) is 16.2 Å². The van der Waals surface area contributed by atoms with Gasteiger partial charge in [0, 0.05) is 23.2 Å². The molecule has 0 radical (unpaired) electrons. The number of aryl methyl sites for hydroxylation is 1. The van der Waals surface area contributed by atoms with Crippen LogP contribution in [0.25, 0.3) is 0 Å². The van der Waals surface area contributed by atoms with Crippen LogP contribution in [0.1, 0.15) is 24.8 Å². The molecule has 0 aromatic heterocycles. The molecule has 0 spiro atoms. The molecule has 1 aliphatic rings. The number of hydrogen-bond acceptors (Lipinski definition) is 2. The Labute approximate surface area is 116 Å². The number of urea groups is 1. The molecule has 98 valence electrons. The lowest BCUT2D eigenvalue weighted by Crippen LogP contribution is -2.38. The number of benzene rings is 1. The summed E-state index contributed by atoms with van der Waals surface area (Å²) in [5.41, 5.74) is 8.27. The molecular formula is C13H18BrN3O. The van der Waals surface area contributed by atoms with Gasteiger partial charge in [-0.05, 0) is 59.8 Å². The number of amides is 2. The minimum absolute atomic E-state index is 0.0429. The highest BCUT2D eigenvalue weighted by atomic mass is 79.9. The van der Waals surface area contributed by atoms with Gasteiger partial charge in [0.2, 0.25) is 0 Å². The van der Waals surface area contributed by atoms with Crippen LogP contribution in [-0.4, -0.2) is 24.0 Å². The number of rotatable bonds is 1. The maximum atomic E-state index is 12.1. The van der Waals surface area contributed by atoms with Gasteiger partial charge >= 0.3 is 6.03 Å². The first kappa shape index (κ1) is 13.2. The third-order valence-corrected chi connectivity index (χ3v) is 3.90. The number of nitrogens with one attached hydrogen (secondary N) is 1. The average Bonchev–Trinajstić information content (AvgIpc) is 2.37. The number of nitrogen functional groups attached to an aromatic ring is 1. The van der Waals surface area contributed by atoms with Crippen molar-refractivity contribution in [2.75, 3.05) is 24.1 Å². The monoisotopic (exact) mass is 311 g/mol. The van der Waals surface area contributed by atoms with Crippen LogP contribution in [0.5, 0.6) is 0 Å². The molecule has 1 saturated heterocycles. The number of anilines is 2. The summed E-state index contributed by atoms with van der Waals surface area (Å²) < 4.78 is 0.861. The summed E-state index contributed by atoms with van der Waals surface area (Å²) in [4.78, 5) is 13.9. The summed E-state index contributed by atoms with van der Waals surface area (Å²) >= 11 is 3.44. The second kappa shape index (κ2) is 5.61. The molecule has 0 bridgehead atoms. The van der Waals surface area contributed by atoms with Gasteiger partial charge in [-0.2, -0.15) is 0 Å². The lowest BCUT2D eigenvalue weighted by molar-refractivity contribution is 0.200. The smallest absolute Gasteiger partial charge is 0.321 e. The second-order valence-electron chi connectivity index (χ2n) is 4.67. The van der Waals surface area contributed by atoms with E-state index >= 15 is 0 Å². The van der Waals surface area contributed by atoms with Crippen molar-refractivity contribution < 1.29 is 4.79 Å². The fourth-order valence-corrected chi connectivity index (χ4v) is 2.63. The predicted octanol–water partition coefficient (Wildman–Crippen LogP) is 3.36. The zero-order valence-electron chi connectivity index (χ0n) is 10.5. The summed E-state index contributed by atoms with van der Waals surface area (Å²) in [6.07, 6.45) is 3.39. The zero-order chi connectivity index (χ0) is 13.1. The van der Waals surface area contributed by atoms with E-state index in [1.165, 1.54) is 6.42 Å². The highest BCUT2D eigenvalue weighted by molar-refractivity contribution is 9.10. The predicted molar refractivity (Wildman–Crippen MR) is 77.7 cm³/mol. The van der Waals surface area contributed by atoms with Crippen molar-refractivity contribution in [3.8, 4) is 0 Å². The van der Waals surface area contributed by atoms with Gasteiger partial charge in [0.25, 0.3) is 0 Å². The van der Waals surface area contributed by atoms with E-state index in [1.54, 1.807) is 6.07 Å². The van der Waals surface area contributed by atoms with Gasteiger partial charge in [-0.25, -0.2) is 4.79 Å². The van der Waals surface area contributed by atoms with Crippen molar-refractivity contribution in [3.05, 3.63) is 22.2 Å². The molecule has 1 heterocycles. The van der Waals surface area contributed by atoms with E-state index < -0.39 is 0 Å². The van der Waals surface area contributed by atoms with E-state index in [1.807, 2.05) is 17.9 Å². The average molecular weight is 312 g/mol. The summed E-state index contributed by atoms with van der Waals surface area (Å²) in [5, 5.41) is 2.91. The Kier molecular flexibility index (Phi) is 4.11. The summed E-state index contributed by atoms with van der Waals surface area (Å²) in [5.74, 6) is 0. The third kappa shape index (κ3) is 2.96. The van der Waals surface area contributed by atoms with Gasteiger partial charge in [0.1, 0.15) is 0 Å². The van der Waals surface area contributed by atoms with Crippen molar-refractivity contribution >= 4 is 33.3 Å². The Balaban J connectivity index is 2.08. The number of carbonyl (C=O) groups is 1. The molecule has 0 atom stereocenters. The maximum absolute atomic E-state index is 12.1. The van der Waals surface area contributed by atoms with E-state index in [-0.39, 0.29) is 6.03 Å².